The summed E-state index contributed by atoms with van der Waals surface area (Å²) in [6.07, 6.45) is 0. The van der Waals surface area contributed by atoms with Gasteiger partial charge in [-0.15, -0.1) is 0 Å². The third-order valence-corrected chi connectivity index (χ3v) is 2.44. The molecule has 0 fully saturated rings. The highest BCUT2D eigenvalue weighted by molar-refractivity contribution is 5.97. The van der Waals surface area contributed by atoms with Crippen LogP contribution >= 0.6 is 0 Å². The molecule has 0 aliphatic rings. The molecule has 0 unspecified atom stereocenters. The number of carbonyl (C=O) groups is 1. The van der Waals surface area contributed by atoms with E-state index < -0.39 is 29.8 Å². The lowest BCUT2D eigenvalue weighted by atomic mass is 10.1. The molecule has 0 radical (unpaired) electrons. The SMILES string of the molecule is O=C(COc1ccccc1F)c1ccc(F)c(F)c1. The fourth-order valence-electron chi connectivity index (χ4n) is 1.46. The number of benzene rings is 2. The molecule has 0 aliphatic heterocycles. The van der Waals surface area contributed by atoms with Crippen LogP contribution in [0.25, 0.3) is 0 Å². The number of hydrogen-bond donors (Lipinski definition) is 0. The van der Waals surface area contributed by atoms with Crippen LogP contribution in [0.1, 0.15) is 10.4 Å². The van der Waals surface area contributed by atoms with E-state index >= 15 is 0 Å². The molecular weight excluding hydrogens is 257 g/mol. The largest absolute Gasteiger partial charge is 0.482 e. The van der Waals surface area contributed by atoms with E-state index in [1.807, 2.05) is 0 Å². The molecule has 19 heavy (non-hydrogen) atoms. The summed E-state index contributed by atoms with van der Waals surface area (Å²) in [6, 6.07) is 8.38. The minimum Gasteiger partial charge on any atom is -0.482 e. The Kier molecular flexibility index (Phi) is 3.85. The molecule has 98 valence electrons. The van der Waals surface area contributed by atoms with Crippen LogP contribution in [-0.4, -0.2) is 12.4 Å². The number of ether oxygens (including phenoxy) is 1. The molecule has 0 amide bonds. The third kappa shape index (κ3) is 3.13. The van der Waals surface area contributed by atoms with Crippen molar-refractivity contribution in [2.24, 2.45) is 0 Å². The van der Waals surface area contributed by atoms with Crippen molar-refractivity contribution < 1.29 is 22.7 Å². The van der Waals surface area contributed by atoms with Gasteiger partial charge in [-0.25, -0.2) is 13.2 Å². The third-order valence-electron chi connectivity index (χ3n) is 2.44. The molecule has 2 rings (SSSR count). The summed E-state index contributed by atoms with van der Waals surface area (Å²) < 4.78 is 43.8. The second-order valence-corrected chi connectivity index (χ2v) is 3.77. The van der Waals surface area contributed by atoms with Crippen LogP contribution in [0.4, 0.5) is 13.2 Å². The maximum atomic E-state index is 13.2. The molecule has 0 spiro atoms. The Labute approximate surface area is 107 Å². The summed E-state index contributed by atoms with van der Waals surface area (Å²) in [5, 5.41) is 0. The molecule has 2 nitrogen and oxygen atoms in total. The maximum Gasteiger partial charge on any atom is 0.200 e. The minimum atomic E-state index is -1.11. The zero-order valence-electron chi connectivity index (χ0n) is 9.70. The molecule has 0 heterocycles. The minimum absolute atomic E-state index is 0.0322. The fourth-order valence-corrected chi connectivity index (χ4v) is 1.46. The zero-order chi connectivity index (χ0) is 13.8. The van der Waals surface area contributed by atoms with Crippen molar-refractivity contribution in [2.45, 2.75) is 0 Å². The van der Waals surface area contributed by atoms with Gasteiger partial charge in [-0.1, -0.05) is 12.1 Å². The Morgan fingerprint density at radius 2 is 1.68 bits per heavy atom. The molecule has 0 bridgehead atoms. The van der Waals surface area contributed by atoms with E-state index in [0.717, 1.165) is 18.2 Å². The Balaban J connectivity index is 2.05. The molecule has 0 aliphatic carbocycles. The van der Waals surface area contributed by atoms with Crippen molar-refractivity contribution in [1.82, 2.24) is 0 Å². The van der Waals surface area contributed by atoms with Gasteiger partial charge in [0.25, 0.3) is 0 Å². The van der Waals surface area contributed by atoms with Crippen molar-refractivity contribution in [3.8, 4) is 5.75 Å². The lowest BCUT2D eigenvalue weighted by molar-refractivity contribution is 0.0918. The number of halogens is 3. The molecule has 0 saturated heterocycles. The lowest BCUT2D eigenvalue weighted by Gasteiger charge is -2.06. The standard InChI is InChI=1S/C14H9F3O2/c15-10-6-5-9(7-12(10)17)13(18)8-19-14-4-2-1-3-11(14)16/h1-7H,8H2. The Hall–Kier alpha value is -2.30. The molecular formula is C14H9F3O2. The average molecular weight is 266 g/mol. The van der Waals surface area contributed by atoms with Crippen LogP contribution in [0.15, 0.2) is 42.5 Å². The van der Waals surface area contributed by atoms with Gasteiger partial charge in [0.15, 0.2) is 35.6 Å². The summed E-state index contributed by atoms with van der Waals surface area (Å²) >= 11 is 0. The lowest BCUT2D eigenvalue weighted by Crippen LogP contribution is -2.12. The first kappa shape index (κ1) is 13.1. The van der Waals surface area contributed by atoms with Crippen molar-refractivity contribution in [3.05, 3.63) is 65.5 Å². The second-order valence-electron chi connectivity index (χ2n) is 3.77. The van der Waals surface area contributed by atoms with E-state index in [-0.39, 0.29) is 11.3 Å². The molecule has 2 aromatic rings. The van der Waals surface area contributed by atoms with Gasteiger partial charge in [-0.3, -0.25) is 4.79 Å². The molecule has 2 aromatic carbocycles. The van der Waals surface area contributed by atoms with Gasteiger partial charge in [-0.2, -0.15) is 0 Å². The number of carbonyl (C=O) groups excluding carboxylic acids is 1. The van der Waals surface area contributed by atoms with Crippen molar-refractivity contribution in [2.75, 3.05) is 6.61 Å². The summed E-state index contributed by atoms with van der Waals surface area (Å²) in [4.78, 5) is 11.7. The topological polar surface area (TPSA) is 26.3 Å². The summed E-state index contributed by atoms with van der Waals surface area (Å²) in [5.74, 6) is -3.38. The highest BCUT2D eigenvalue weighted by Gasteiger charge is 2.11. The van der Waals surface area contributed by atoms with Crippen LogP contribution in [0.2, 0.25) is 0 Å². The number of hydrogen-bond acceptors (Lipinski definition) is 2. The highest BCUT2D eigenvalue weighted by Crippen LogP contribution is 2.16. The van der Waals surface area contributed by atoms with Gasteiger partial charge in [0.2, 0.25) is 0 Å². The predicted octanol–water partition coefficient (Wildman–Crippen LogP) is 3.37. The average Bonchev–Trinajstić information content (AvgIpc) is 2.40. The van der Waals surface area contributed by atoms with Crippen LogP contribution < -0.4 is 4.74 Å². The Bertz CT molecular complexity index is 611. The van der Waals surface area contributed by atoms with E-state index in [1.165, 1.54) is 18.2 Å². The highest BCUT2D eigenvalue weighted by atomic mass is 19.2. The maximum absolute atomic E-state index is 13.2. The number of para-hydroxylation sites is 1. The molecule has 0 aromatic heterocycles. The molecule has 0 N–H and O–H groups in total. The molecule has 0 saturated carbocycles. The van der Waals surface area contributed by atoms with Crippen molar-refractivity contribution in [3.63, 3.8) is 0 Å². The van der Waals surface area contributed by atoms with E-state index in [0.29, 0.717) is 0 Å². The second kappa shape index (κ2) is 5.56. The normalized spacial score (nSPS) is 10.3. The van der Waals surface area contributed by atoms with E-state index in [4.69, 9.17) is 4.74 Å². The van der Waals surface area contributed by atoms with Crippen LogP contribution in [0.5, 0.6) is 5.75 Å². The smallest absolute Gasteiger partial charge is 0.200 e. The first-order valence-corrected chi connectivity index (χ1v) is 5.43. The predicted molar refractivity (Wildman–Crippen MR) is 62.6 cm³/mol. The van der Waals surface area contributed by atoms with Crippen molar-refractivity contribution in [1.29, 1.82) is 0 Å². The Morgan fingerprint density at radius 3 is 2.37 bits per heavy atom. The van der Waals surface area contributed by atoms with Gasteiger partial charge >= 0.3 is 0 Å². The summed E-state index contributed by atoms with van der Waals surface area (Å²) in [6.45, 7) is -0.452. The van der Waals surface area contributed by atoms with Crippen LogP contribution in [0.3, 0.4) is 0 Å². The number of Topliss-reactive ketones (excluding diaryl/α,β-unsaturated/α-hetero) is 1. The summed E-state index contributed by atoms with van der Waals surface area (Å²) in [5.41, 5.74) is -0.0322. The van der Waals surface area contributed by atoms with Crippen molar-refractivity contribution >= 4 is 5.78 Å². The van der Waals surface area contributed by atoms with Gasteiger partial charge in [0.05, 0.1) is 0 Å². The first-order chi connectivity index (χ1) is 9.08. The summed E-state index contributed by atoms with van der Waals surface area (Å²) in [7, 11) is 0. The van der Waals surface area contributed by atoms with Crippen LogP contribution in [-0.2, 0) is 0 Å². The van der Waals surface area contributed by atoms with E-state index in [2.05, 4.69) is 0 Å². The van der Waals surface area contributed by atoms with E-state index in [1.54, 1.807) is 6.07 Å². The quantitative estimate of drug-likeness (QED) is 0.793. The fraction of sp³-hybridized carbons (Fsp3) is 0.0714. The number of ketones is 1. The van der Waals surface area contributed by atoms with E-state index in [9.17, 15) is 18.0 Å². The monoisotopic (exact) mass is 266 g/mol. The van der Waals surface area contributed by atoms with Crippen LogP contribution in [0, 0.1) is 17.5 Å². The Morgan fingerprint density at radius 1 is 0.947 bits per heavy atom. The number of rotatable bonds is 4. The zero-order valence-corrected chi connectivity index (χ0v) is 9.70. The first-order valence-electron chi connectivity index (χ1n) is 5.43. The van der Waals surface area contributed by atoms with Gasteiger partial charge in [0, 0.05) is 5.56 Å². The molecule has 0 atom stereocenters. The van der Waals surface area contributed by atoms with Gasteiger partial charge in [-0.05, 0) is 30.3 Å². The van der Waals surface area contributed by atoms with Gasteiger partial charge in [0.1, 0.15) is 0 Å². The van der Waals surface area contributed by atoms with Gasteiger partial charge < -0.3 is 4.74 Å². The molecule has 5 heteroatoms.